The average molecular weight is 707 g/mol. The number of furan rings is 1. The first-order valence-electron chi connectivity index (χ1n) is 18.9. The highest BCUT2D eigenvalue weighted by Gasteiger charge is 2.35. The fraction of sp³-hybridized carbons (Fsp3) is 0.0588. The standard InChI is InChI=1S/C51H34N2O2/c1-51(2)40-16-6-3-12-34(40)38-30-33(24-25-41(38)51)52-42-17-7-4-13-35(42)39-28-31(22-26-43(39)52)32-23-27-45-49(29-32)54-48-21-10-8-18-44(48)53(45)46-19-11-15-37-36-14-5-9-20-47(36)55-50(37)46/h3-30H,1-2H3. The van der Waals surface area contributed by atoms with Gasteiger partial charge in [-0.2, -0.15) is 0 Å². The number of hydrogen-bond donors (Lipinski definition) is 0. The first-order chi connectivity index (χ1) is 27.0. The maximum absolute atomic E-state index is 6.68. The van der Waals surface area contributed by atoms with Crippen molar-refractivity contribution in [2.75, 3.05) is 4.90 Å². The zero-order valence-corrected chi connectivity index (χ0v) is 30.4. The minimum atomic E-state index is -0.0291. The first kappa shape index (κ1) is 30.4. The lowest BCUT2D eigenvalue weighted by molar-refractivity contribution is 0.477. The second-order valence-corrected chi connectivity index (χ2v) is 15.3. The van der Waals surface area contributed by atoms with Crippen molar-refractivity contribution in [3.05, 3.63) is 181 Å². The van der Waals surface area contributed by atoms with E-state index in [0.717, 1.165) is 61.6 Å². The number of aromatic nitrogens is 1. The van der Waals surface area contributed by atoms with Crippen molar-refractivity contribution in [1.29, 1.82) is 0 Å². The van der Waals surface area contributed by atoms with Crippen LogP contribution in [0.2, 0.25) is 0 Å². The van der Waals surface area contributed by atoms with Crippen LogP contribution >= 0.6 is 0 Å². The molecule has 2 aromatic heterocycles. The van der Waals surface area contributed by atoms with E-state index in [0.29, 0.717) is 0 Å². The lowest BCUT2D eigenvalue weighted by Gasteiger charge is -2.33. The molecule has 0 radical (unpaired) electrons. The highest BCUT2D eigenvalue weighted by atomic mass is 16.5. The Bertz CT molecular complexity index is 3240. The molecule has 0 fully saturated rings. The van der Waals surface area contributed by atoms with Gasteiger partial charge in [0.15, 0.2) is 17.1 Å². The molecule has 0 bridgehead atoms. The summed E-state index contributed by atoms with van der Waals surface area (Å²) in [6.07, 6.45) is 0. The van der Waals surface area contributed by atoms with Gasteiger partial charge in [0.1, 0.15) is 5.58 Å². The molecule has 10 aromatic rings. The van der Waals surface area contributed by atoms with Crippen LogP contribution in [0.15, 0.2) is 174 Å². The maximum Gasteiger partial charge on any atom is 0.159 e. The van der Waals surface area contributed by atoms with Crippen LogP contribution in [0.4, 0.5) is 17.1 Å². The number of ether oxygens (including phenoxy) is 1. The Labute approximate surface area is 318 Å². The van der Waals surface area contributed by atoms with E-state index in [4.69, 9.17) is 9.15 Å². The fourth-order valence-electron chi connectivity index (χ4n) is 9.38. The summed E-state index contributed by atoms with van der Waals surface area (Å²) < 4.78 is 15.6. The van der Waals surface area contributed by atoms with Crippen molar-refractivity contribution in [3.63, 3.8) is 0 Å². The molecule has 0 amide bonds. The molecule has 0 atom stereocenters. The summed E-state index contributed by atoms with van der Waals surface area (Å²) in [5.41, 5.74) is 15.8. The van der Waals surface area contributed by atoms with Gasteiger partial charge in [-0.1, -0.05) is 117 Å². The Kier molecular flexibility index (Phi) is 6.09. The van der Waals surface area contributed by atoms with E-state index in [1.54, 1.807) is 0 Å². The maximum atomic E-state index is 6.68. The summed E-state index contributed by atoms with van der Waals surface area (Å²) in [4.78, 5) is 2.27. The van der Waals surface area contributed by atoms with Gasteiger partial charge in [-0.25, -0.2) is 0 Å². The zero-order chi connectivity index (χ0) is 36.4. The molecular weight excluding hydrogens is 673 g/mol. The molecule has 8 aromatic carbocycles. The van der Waals surface area contributed by atoms with Crippen LogP contribution in [0.3, 0.4) is 0 Å². The third-order valence-corrected chi connectivity index (χ3v) is 12.0. The van der Waals surface area contributed by atoms with Gasteiger partial charge in [-0.05, 0) is 100 Å². The topological polar surface area (TPSA) is 30.5 Å². The quantitative estimate of drug-likeness (QED) is 0.183. The molecule has 1 aliphatic heterocycles. The van der Waals surface area contributed by atoms with Crippen molar-refractivity contribution in [3.8, 4) is 39.4 Å². The molecule has 0 N–H and O–H groups in total. The summed E-state index contributed by atoms with van der Waals surface area (Å²) in [5.74, 6) is 1.60. The molecular formula is C51H34N2O2. The van der Waals surface area contributed by atoms with E-state index in [1.807, 2.05) is 24.3 Å². The Balaban J connectivity index is 0.999. The number of anilines is 3. The first-order valence-corrected chi connectivity index (χ1v) is 18.9. The number of hydrogen-bond acceptors (Lipinski definition) is 3. The predicted octanol–water partition coefficient (Wildman–Crippen LogP) is 14.2. The fourth-order valence-corrected chi connectivity index (χ4v) is 9.38. The molecule has 0 spiro atoms. The van der Waals surface area contributed by atoms with Crippen LogP contribution in [0, 0.1) is 0 Å². The van der Waals surface area contributed by atoms with Gasteiger partial charge in [-0.15, -0.1) is 0 Å². The summed E-state index contributed by atoms with van der Waals surface area (Å²) in [5, 5.41) is 4.65. The van der Waals surface area contributed by atoms with Crippen molar-refractivity contribution in [1.82, 2.24) is 4.57 Å². The van der Waals surface area contributed by atoms with Gasteiger partial charge in [0, 0.05) is 32.6 Å². The van der Waals surface area contributed by atoms with Gasteiger partial charge < -0.3 is 13.7 Å². The van der Waals surface area contributed by atoms with Crippen molar-refractivity contribution >= 4 is 60.8 Å². The summed E-state index contributed by atoms with van der Waals surface area (Å²) in [6, 6.07) is 60.9. The SMILES string of the molecule is CC1(C)c2ccccc2-c2cc(-n3c4ccccc4c4cc(-c5ccc6c(c5)Oc5ccccc5N6c5cccc6c5oc5ccccc56)ccc43)ccc21. The molecule has 260 valence electrons. The molecule has 0 saturated carbocycles. The van der Waals surface area contributed by atoms with E-state index in [-0.39, 0.29) is 5.41 Å². The third-order valence-electron chi connectivity index (χ3n) is 12.0. The van der Waals surface area contributed by atoms with Gasteiger partial charge in [0.2, 0.25) is 0 Å². The van der Waals surface area contributed by atoms with E-state index >= 15 is 0 Å². The third kappa shape index (κ3) is 4.22. The second-order valence-electron chi connectivity index (χ2n) is 15.3. The van der Waals surface area contributed by atoms with Crippen molar-refractivity contribution in [2.45, 2.75) is 19.3 Å². The second kappa shape index (κ2) is 11.0. The van der Waals surface area contributed by atoms with Crippen LogP contribution in [-0.2, 0) is 5.41 Å². The largest absolute Gasteiger partial charge is 0.454 e. The smallest absolute Gasteiger partial charge is 0.159 e. The lowest BCUT2D eigenvalue weighted by atomic mass is 9.82. The van der Waals surface area contributed by atoms with E-state index in [1.165, 1.54) is 49.7 Å². The molecule has 3 heterocycles. The Hall–Kier alpha value is -7.04. The van der Waals surface area contributed by atoms with E-state index in [9.17, 15) is 0 Å². The van der Waals surface area contributed by atoms with Crippen LogP contribution < -0.4 is 9.64 Å². The number of benzene rings is 8. The van der Waals surface area contributed by atoms with Crippen LogP contribution in [-0.4, -0.2) is 4.57 Å². The molecule has 4 nitrogen and oxygen atoms in total. The summed E-state index contributed by atoms with van der Waals surface area (Å²) >= 11 is 0. The van der Waals surface area contributed by atoms with Crippen LogP contribution in [0.25, 0.3) is 71.7 Å². The Morgan fingerprint density at radius 1 is 0.455 bits per heavy atom. The molecule has 55 heavy (non-hydrogen) atoms. The van der Waals surface area contributed by atoms with Crippen LogP contribution in [0.5, 0.6) is 11.5 Å². The highest BCUT2D eigenvalue weighted by molar-refractivity contribution is 6.12. The lowest BCUT2D eigenvalue weighted by Crippen LogP contribution is -2.16. The average Bonchev–Trinajstić information content (AvgIpc) is 3.85. The van der Waals surface area contributed by atoms with Crippen LogP contribution in [0.1, 0.15) is 25.0 Å². The highest BCUT2D eigenvalue weighted by Crippen LogP contribution is 2.54. The minimum absolute atomic E-state index is 0.0291. The zero-order valence-electron chi connectivity index (χ0n) is 30.4. The summed E-state index contributed by atoms with van der Waals surface area (Å²) in [7, 11) is 0. The van der Waals surface area contributed by atoms with E-state index in [2.05, 4.69) is 169 Å². The molecule has 4 heteroatoms. The number of para-hydroxylation sites is 5. The Morgan fingerprint density at radius 2 is 1.15 bits per heavy atom. The molecule has 12 rings (SSSR count). The number of nitrogens with zero attached hydrogens (tertiary/aromatic N) is 2. The Morgan fingerprint density at radius 3 is 2.09 bits per heavy atom. The van der Waals surface area contributed by atoms with Gasteiger partial charge in [0.25, 0.3) is 0 Å². The van der Waals surface area contributed by atoms with E-state index < -0.39 is 0 Å². The van der Waals surface area contributed by atoms with Gasteiger partial charge in [-0.3, -0.25) is 4.90 Å². The normalized spacial score (nSPS) is 13.9. The minimum Gasteiger partial charge on any atom is -0.454 e. The number of fused-ring (bicyclic) bond motifs is 11. The molecule has 2 aliphatic rings. The monoisotopic (exact) mass is 706 g/mol. The van der Waals surface area contributed by atoms with Gasteiger partial charge >= 0.3 is 0 Å². The van der Waals surface area contributed by atoms with Crippen molar-refractivity contribution < 1.29 is 9.15 Å². The predicted molar refractivity (Wildman–Crippen MR) is 226 cm³/mol. The molecule has 0 unspecified atom stereocenters. The number of rotatable bonds is 3. The van der Waals surface area contributed by atoms with Gasteiger partial charge in [0.05, 0.1) is 28.1 Å². The van der Waals surface area contributed by atoms with Crippen molar-refractivity contribution in [2.24, 2.45) is 0 Å². The summed E-state index contributed by atoms with van der Waals surface area (Å²) in [6.45, 7) is 4.67. The molecule has 1 aliphatic carbocycles. The molecule has 0 saturated heterocycles.